The summed E-state index contributed by atoms with van der Waals surface area (Å²) >= 11 is 0. The summed E-state index contributed by atoms with van der Waals surface area (Å²) in [5, 5.41) is 31.8. The SMILES string of the molecule is CCN(CCO)c1ccc(NCCCO)c([N+](=O)[O-])c1.Cl. The normalized spacial score (nSPS) is 9.86. The lowest BCUT2D eigenvalue weighted by molar-refractivity contribution is -0.383. The first kappa shape index (κ1) is 19.4. The fraction of sp³-hybridized carbons (Fsp3) is 0.538. The van der Waals surface area contributed by atoms with Crippen LogP contribution >= 0.6 is 12.4 Å². The van der Waals surface area contributed by atoms with Crippen LogP contribution in [0.15, 0.2) is 18.2 Å². The molecule has 0 saturated heterocycles. The van der Waals surface area contributed by atoms with E-state index >= 15 is 0 Å². The molecular formula is C13H22ClN3O4. The van der Waals surface area contributed by atoms with Gasteiger partial charge in [-0.2, -0.15) is 0 Å². The van der Waals surface area contributed by atoms with Crippen LogP contribution in [0.2, 0.25) is 0 Å². The smallest absolute Gasteiger partial charge is 0.294 e. The Kier molecular flexibility index (Phi) is 9.44. The van der Waals surface area contributed by atoms with Crippen molar-refractivity contribution >= 4 is 29.5 Å². The zero-order chi connectivity index (χ0) is 15.0. The van der Waals surface area contributed by atoms with Gasteiger partial charge in [-0.05, 0) is 25.5 Å². The Labute approximate surface area is 130 Å². The van der Waals surface area contributed by atoms with Crippen molar-refractivity contribution in [3.63, 3.8) is 0 Å². The van der Waals surface area contributed by atoms with Gasteiger partial charge in [-0.15, -0.1) is 12.4 Å². The Bertz CT molecular complexity index is 445. The van der Waals surface area contributed by atoms with Crippen molar-refractivity contribution in [1.82, 2.24) is 0 Å². The van der Waals surface area contributed by atoms with Crippen molar-refractivity contribution in [3.8, 4) is 0 Å². The van der Waals surface area contributed by atoms with Crippen LogP contribution in [0.5, 0.6) is 0 Å². The summed E-state index contributed by atoms with van der Waals surface area (Å²) in [6.45, 7) is 3.54. The van der Waals surface area contributed by atoms with Gasteiger partial charge in [0.1, 0.15) is 5.69 Å². The Morgan fingerprint density at radius 2 is 2.05 bits per heavy atom. The van der Waals surface area contributed by atoms with Crippen LogP contribution in [0.4, 0.5) is 17.1 Å². The second kappa shape index (κ2) is 10.2. The number of benzene rings is 1. The lowest BCUT2D eigenvalue weighted by Gasteiger charge is -2.22. The minimum atomic E-state index is -0.433. The van der Waals surface area contributed by atoms with E-state index in [1.807, 2.05) is 11.8 Å². The fourth-order valence-electron chi connectivity index (χ4n) is 1.91. The molecule has 120 valence electrons. The Morgan fingerprint density at radius 1 is 1.33 bits per heavy atom. The van der Waals surface area contributed by atoms with Gasteiger partial charge in [0, 0.05) is 38.0 Å². The topological polar surface area (TPSA) is 98.9 Å². The van der Waals surface area contributed by atoms with E-state index in [0.29, 0.717) is 37.4 Å². The molecule has 0 radical (unpaired) electrons. The number of likely N-dealkylation sites (N-methyl/N-ethyl adjacent to an activating group) is 1. The third kappa shape index (κ3) is 5.74. The Morgan fingerprint density at radius 3 is 2.57 bits per heavy atom. The van der Waals surface area contributed by atoms with Gasteiger partial charge in [0.25, 0.3) is 5.69 Å². The van der Waals surface area contributed by atoms with E-state index < -0.39 is 4.92 Å². The fourth-order valence-corrected chi connectivity index (χ4v) is 1.91. The molecule has 0 saturated carbocycles. The standard InChI is InChI=1S/C13H21N3O4.ClH/c1-2-15(7-9-18)11-4-5-12(14-6-3-8-17)13(10-11)16(19)20;/h4-5,10,14,17-18H,2-3,6-9H2,1H3;1H. The average molecular weight is 320 g/mol. The van der Waals surface area contributed by atoms with Gasteiger partial charge in [0.15, 0.2) is 0 Å². The molecule has 21 heavy (non-hydrogen) atoms. The zero-order valence-corrected chi connectivity index (χ0v) is 12.8. The highest BCUT2D eigenvalue weighted by atomic mass is 35.5. The highest BCUT2D eigenvalue weighted by molar-refractivity contribution is 5.85. The van der Waals surface area contributed by atoms with Crippen molar-refractivity contribution in [3.05, 3.63) is 28.3 Å². The number of halogens is 1. The molecule has 0 bridgehead atoms. The van der Waals surface area contributed by atoms with Crippen LogP contribution < -0.4 is 10.2 Å². The van der Waals surface area contributed by atoms with Gasteiger partial charge in [0.05, 0.1) is 11.5 Å². The van der Waals surface area contributed by atoms with Crippen LogP contribution in [-0.2, 0) is 0 Å². The minimum absolute atomic E-state index is 0. The number of hydrogen-bond donors (Lipinski definition) is 3. The molecule has 1 aromatic rings. The highest BCUT2D eigenvalue weighted by Crippen LogP contribution is 2.29. The van der Waals surface area contributed by atoms with Crippen molar-refractivity contribution in [2.24, 2.45) is 0 Å². The van der Waals surface area contributed by atoms with Crippen LogP contribution in [0, 0.1) is 10.1 Å². The van der Waals surface area contributed by atoms with Gasteiger partial charge in [-0.1, -0.05) is 0 Å². The Balaban J connectivity index is 0.00000400. The summed E-state index contributed by atoms with van der Waals surface area (Å²) in [5.41, 5.74) is 1.14. The maximum Gasteiger partial charge on any atom is 0.294 e. The van der Waals surface area contributed by atoms with Gasteiger partial charge >= 0.3 is 0 Å². The number of nitrogens with one attached hydrogen (secondary N) is 1. The van der Waals surface area contributed by atoms with Crippen LogP contribution in [0.1, 0.15) is 13.3 Å². The molecule has 0 heterocycles. The molecule has 0 fully saturated rings. The van der Waals surface area contributed by atoms with E-state index in [1.165, 1.54) is 6.07 Å². The first-order valence-corrected chi connectivity index (χ1v) is 6.63. The molecule has 0 spiro atoms. The number of aliphatic hydroxyl groups is 2. The second-order valence-electron chi connectivity index (χ2n) is 4.27. The van der Waals surface area contributed by atoms with Gasteiger partial charge in [-0.3, -0.25) is 10.1 Å². The summed E-state index contributed by atoms with van der Waals surface area (Å²) < 4.78 is 0. The van der Waals surface area contributed by atoms with Crippen molar-refractivity contribution < 1.29 is 15.1 Å². The maximum absolute atomic E-state index is 11.1. The average Bonchev–Trinajstić information content (AvgIpc) is 2.45. The third-order valence-corrected chi connectivity index (χ3v) is 2.95. The van der Waals surface area contributed by atoms with E-state index in [0.717, 1.165) is 0 Å². The summed E-state index contributed by atoms with van der Waals surface area (Å²) in [4.78, 5) is 12.6. The molecule has 0 amide bonds. The van der Waals surface area contributed by atoms with Gasteiger partial charge in [0.2, 0.25) is 0 Å². The van der Waals surface area contributed by atoms with E-state index in [1.54, 1.807) is 12.1 Å². The number of anilines is 2. The first-order valence-electron chi connectivity index (χ1n) is 6.63. The summed E-state index contributed by atoms with van der Waals surface area (Å²) in [7, 11) is 0. The second-order valence-corrected chi connectivity index (χ2v) is 4.27. The van der Waals surface area contributed by atoms with Gasteiger partial charge in [-0.25, -0.2) is 0 Å². The van der Waals surface area contributed by atoms with E-state index in [4.69, 9.17) is 10.2 Å². The molecular weight excluding hydrogens is 298 g/mol. The predicted octanol–water partition coefficient (Wildman–Crippen LogP) is 1.63. The molecule has 1 rings (SSSR count). The Hall–Kier alpha value is -1.57. The van der Waals surface area contributed by atoms with E-state index in [2.05, 4.69) is 5.32 Å². The summed E-state index contributed by atoms with van der Waals surface area (Å²) in [6, 6.07) is 4.94. The number of rotatable bonds is 9. The maximum atomic E-state index is 11.1. The molecule has 0 unspecified atom stereocenters. The summed E-state index contributed by atoms with van der Waals surface area (Å²) in [6.07, 6.45) is 0.532. The number of hydrogen-bond acceptors (Lipinski definition) is 6. The van der Waals surface area contributed by atoms with E-state index in [-0.39, 0.29) is 31.3 Å². The quantitative estimate of drug-likeness (QED) is 0.363. The molecule has 8 heteroatoms. The molecule has 0 aliphatic heterocycles. The first-order chi connectivity index (χ1) is 9.63. The van der Waals surface area contributed by atoms with Crippen molar-refractivity contribution in [2.75, 3.05) is 43.1 Å². The lowest BCUT2D eigenvalue weighted by atomic mass is 10.2. The van der Waals surface area contributed by atoms with E-state index in [9.17, 15) is 10.1 Å². The number of aliphatic hydroxyl groups excluding tert-OH is 2. The van der Waals surface area contributed by atoms with Crippen molar-refractivity contribution in [2.45, 2.75) is 13.3 Å². The molecule has 3 N–H and O–H groups in total. The number of nitro benzene ring substituents is 1. The predicted molar refractivity (Wildman–Crippen MR) is 85.5 cm³/mol. The molecule has 0 aliphatic rings. The molecule has 0 aromatic heterocycles. The minimum Gasteiger partial charge on any atom is -0.396 e. The van der Waals surface area contributed by atoms with Gasteiger partial charge < -0.3 is 20.4 Å². The molecule has 1 aromatic carbocycles. The lowest BCUT2D eigenvalue weighted by Crippen LogP contribution is -2.26. The molecule has 7 nitrogen and oxygen atoms in total. The monoisotopic (exact) mass is 319 g/mol. The number of nitrogens with zero attached hydrogens (tertiary/aromatic N) is 2. The largest absolute Gasteiger partial charge is 0.396 e. The molecule has 0 aliphatic carbocycles. The molecule has 0 atom stereocenters. The van der Waals surface area contributed by atoms with Crippen molar-refractivity contribution in [1.29, 1.82) is 0 Å². The summed E-state index contributed by atoms with van der Waals surface area (Å²) in [5.74, 6) is 0. The third-order valence-electron chi connectivity index (χ3n) is 2.95. The van der Waals surface area contributed by atoms with Crippen LogP contribution in [0.3, 0.4) is 0 Å². The zero-order valence-electron chi connectivity index (χ0n) is 12.0. The number of nitro groups is 1. The highest BCUT2D eigenvalue weighted by Gasteiger charge is 2.16. The van der Waals surface area contributed by atoms with Crippen LogP contribution in [-0.4, -0.2) is 48.0 Å². The van der Waals surface area contributed by atoms with Crippen LogP contribution in [0.25, 0.3) is 0 Å².